The molecular weight excluding hydrogens is 292 g/mol. The maximum absolute atomic E-state index is 12.1. The zero-order chi connectivity index (χ0) is 16.5. The van der Waals surface area contributed by atoms with Crippen LogP contribution < -0.4 is 14.8 Å². The van der Waals surface area contributed by atoms with E-state index in [1.807, 2.05) is 18.2 Å². The molecule has 1 aromatic carbocycles. The number of hydrogen-bond acceptors (Lipinski definition) is 4. The van der Waals surface area contributed by atoms with E-state index < -0.39 is 0 Å². The van der Waals surface area contributed by atoms with E-state index in [1.165, 1.54) is 0 Å². The number of unbranched alkanes of at least 4 members (excludes halogenated alkanes) is 1. The summed E-state index contributed by atoms with van der Waals surface area (Å²) >= 11 is 0. The summed E-state index contributed by atoms with van der Waals surface area (Å²) in [6.45, 7) is 3.24. The second kappa shape index (κ2) is 8.78. The molecule has 5 heteroatoms. The lowest BCUT2D eigenvalue weighted by molar-refractivity contribution is 0.0951. The van der Waals surface area contributed by atoms with Crippen molar-refractivity contribution in [2.24, 2.45) is 0 Å². The van der Waals surface area contributed by atoms with Crippen molar-refractivity contribution in [2.45, 2.75) is 26.3 Å². The normalized spacial score (nSPS) is 10.2. The smallest absolute Gasteiger partial charge is 0.251 e. The zero-order valence-corrected chi connectivity index (χ0v) is 13.5. The summed E-state index contributed by atoms with van der Waals surface area (Å²) < 4.78 is 10.6. The number of ether oxygens (including phenoxy) is 2. The lowest BCUT2D eigenvalue weighted by Crippen LogP contribution is -2.22. The Kier molecular flexibility index (Phi) is 6.41. The van der Waals surface area contributed by atoms with Gasteiger partial charge in [0.25, 0.3) is 5.91 Å². The summed E-state index contributed by atoms with van der Waals surface area (Å²) in [5.41, 5.74) is 1.54. The first-order valence-electron chi connectivity index (χ1n) is 7.73. The zero-order valence-electron chi connectivity index (χ0n) is 13.5. The minimum atomic E-state index is -0.124. The molecule has 0 saturated heterocycles. The lowest BCUT2D eigenvalue weighted by Gasteiger charge is -2.08. The van der Waals surface area contributed by atoms with Gasteiger partial charge >= 0.3 is 0 Å². The van der Waals surface area contributed by atoms with Crippen LogP contribution in [0.25, 0.3) is 0 Å². The number of carbonyl (C=O) groups is 1. The molecular formula is C18H22N2O3. The number of pyridine rings is 1. The van der Waals surface area contributed by atoms with Gasteiger partial charge in [-0.3, -0.25) is 4.79 Å². The van der Waals surface area contributed by atoms with Crippen molar-refractivity contribution in [2.75, 3.05) is 13.7 Å². The molecule has 0 aliphatic carbocycles. The molecule has 0 aliphatic rings. The number of amides is 1. The van der Waals surface area contributed by atoms with Gasteiger partial charge in [-0.1, -0.05) is 13.3 Å². The number of hydrogen-bond donors (Lipinski definition) is 1. The monoisotopic (exact) mass is 314 g/mol. The van der Waals surface area contributed by atoms with Crippen molar-refractivity contribution < 1.29 is 14.3 Å². The molecule has 0 aliphatic heterocycles. The minimum absolute atomic E-state index is 0.124. The number of carbonyl (C=O) groups excluding carboxylic acids is 1. The highest BCUT2D eigenvalue weighted by molar-refractivity contribution is 5.94. The van der Waals surface area contributed by atoms with Gasteiger partial charge in [-0.15, -0.1) is 0 Å². The van der Waals surface area contributed by atoms with Gasteiger partial charge in [-0.05, 0) is 42.3 Å². The molecule has 1 heterocycles. The predicted molar refractivity (Wildman–Crippen MR) is 88.8 cm³/mol. The molecule has 0 radical (unpaired) electrons. The third kappa shape index (κ3) is 5.29. The van der Waals surface area contributed by atoms with Gasteiger partial charge in [0.15, 0.2) is 0 Å². The van der Waals surface area contributed by atoms with Crippen molar-refractivity contribution in [3.05, 3.63) is 53.7 Å². The number of nitrogens with zero attached hydrogens (tertiary/aromatic N) is 1. The fourth-order valence-corrected chi connectivity index (χ4v) is 1.99. The van der Waals surface area contributed by atoms with E-state index in [0.717, 1.165) is 24.2 Å². The van der Waals surface area contributed by atoms with Crippen LogP contribution in [0.3, 0.4) is 0 Å². The molecule has 0 spiro atoms. The first-order valence-corrected chi connectivity index (χ1v) is 7.73. The fourth-order valence-electron chi connectivity index (χ4n) is 1.99. The van der Waals surface area contributed by atoms with Crippen LogP contribution in [0.2, 0.25) is 0 Å². The first-order chi connectivity index (χ1) is 11.2. The molecule has 23 heavy (non-hydrogen) atoms. The quantitative estimate of drug-likeness (QED) is 0.760. The van der Waals surface area contributed by atoms with Gasteiger partial charge in [0.2, 0.25) is 5.88 Å². The van der Waals surface area contributed by atoms with Crippen LogP contribution >= 0.6 is 0 Å². The second-order valence-electron chi connectivity index (χ2n) is 5.12. The highest BCUT2D eigenvalue weighted by Gasteiger charge is 2.06. The van der Waals surface area contributed by atoms with Crippen LogP contribution in [0, 0.1) is 0 Å². The Bertz CT molecular complexity index is 626. The van der Waals surface area contributed by atoms with Crippen LogP contribution in [-0.4, -0.2) is 24.6 Å². The fraction of sp³-hybridized carbons (Fsp3) is 0.333. The summed E-state index contributed by atoms with van der Waals surface area (Å²) in [6, 6.07) is 10.8. The molecule has 0 fully saturated rings. The molecule has 2 rings (SSSR count). The van der Waals surface area contributed by atoms with E-state index in [1.54, 1.807) is 31.5 Å². The highest BCUT2D eigenvalue weighted by atomic mass is 16.5. The van der Waals surface area contributed by atoms with Crippen LogP contribution in [-0.2, 0) is 6.54 Å². The van der Waals surface area contributed by atoms with E-state index in [2.05, 4.69) is 17.2 Å². The minimum Gasteiger partial charge on any atom is -0.494 e. The lowest BCUT2D eigenvalue weighted by atomic mass is 10.2. The Morgan fingerprint density at radius 1 is 1.22 bits per heavy atom. The topological polar surface area (TPSA) is 60.5 Å². The van der Waals surface area contributed by atoms with E-state index in [-0.39, 0.29) is 5.91 Å². The molecule has 1 N–H and O–H groups in total. The second-order valence-corrected chi connectivity index (χ2v) is 5.12. The maximum atomic E-state index is 12.1. The molecule has 2 aromatic rings. The van der Waals surface area contributed by atoms with E-state index in [4.69, 9.17) is 9.47 Å². The average Bonchev–Trinajstić information content (AvgIpc) is 2.60. The van der Waals surface area contributed by atoms with Gasteiger partial charge in [0.1, 0.15) is 5.75 Å². The molecule has 1 aromatic heterocycles. The summed E-state index contributed by atoms with van der Waals surface area (Å²) in [5, 5.41) is 2.88. The van der Waals surface area contributed by atoms with Gasteiger partial charge in [0, 0.05) is 24.4 Å². The van der Waals surface area contributed by atoms with Crippen LogP contribution in [0.5, 0.6) is 11.6 Å². The van der Waals surface area contributed by atoms with Gasteiger partial charge < -0.3 is 14.8 Å². The molecule has 0 atom stereocenters. The van der Waals surface area contributed by atoms with Gasteiger partial charge in [-0.2, -0.15) is 0 Å². The van der Waals surface area contributed by atoms with Crippen molar-refractivity contribution >= 4 is 5.91 Å². The van der Waals surface area contributed by atoms with Crippen LogP contribution in [0.1, 0.15) is 35.7 Å². The van der Waals surface area contributed by atoms with Crippen molar-refractivity contribution in [3.8, 4) is 11.6 Å². The number of aromatic nitrogens is 1. The number of methoxy groups -OCH3 is 1. The third-order valence-corrected chi connectivity index (χ3v) is 3.34. The Morgan fingerprint density at radius 3 is 2.70 bits per heavy atom. The predicted octanol–water partition coefficient (Wildman–Crippen LogP) is 3.20. The number of benzene rings is 1. The molecule has 1 amide bonds. The standard InChI is InChI=1S/C18H22N2O3/c1-3-4-11-23-16-7-5-15(6-8-16)18(21)20-13-14-9-10-19-17(12-14)22-2/h5-10,12H,3-4,11,13H2,1-2H3,(H,20,21). The van der Waals surface area contributed by atoms with Crippen LogP contribution in [0.4, 0.5) is 0 Å². The molecule has 0 unspecified atom stereocenters. The number of rotatable bonds is 8. The molecule has 0 saturated carbocycles. The van der Waals surface area contributed by atoms with E-state index >= 15 is 0 Å². The summed E-state index contributed by atoms with van der Waals surface area (Å²) in [5.74, 6) is 1.19. The first kappa shape index (κ1) is 16.8. The third-order valence-electron chi connectivity index (χ3n) is 3.34. The van der Waals surface area contributed by atoms with Gasteiger partial charge in [0.05, 0.1) is 13.7 Å². The van der Waals surface area contributed by atoms with Crippen molar-refractivity contribution in [3.63, 3.8) is 0 Å². The van der Waals surface area contributed by atoms with Crippen molar-refractivity contribution in [1.29, 1.82) is 0 Å². The summed E-state index contributed by atoms with van der Waals surface area (Å²) in [6.07, 6.45) is 3.78. The Hall–Kier alpha value is -2.56. The van der Waals surface area contributed by atoms with Crippen molar-refractivity contribution in [1.82, 2.24) is 10.3 Å². The van der Waals surface area contributed by atoms with E-state index in [9.17, 15) is 4.79 Å². The van der Waals surface area contributed by atoms with E-state index in [0.29, 0.717) is 24.6 Å². The highest BCUT2D eigenvalue weighted by Crippen LogP contribution is 2.13. The SMILES string of the molecule is CCCCOc1ccc(C(=O)NCc2ccnc(OC)c2)cc1. The Balaban J connectivity index is 1.87. The summed E-state index contributed by atoms with van der Waals surface area (Å²) in [4.78, 5) is 16.2. The summed E-state index contributed by atoms with van der Waals surface area (Å²) in [7, 11) is 1.56. The van der Waals surface area contributed by atoms with Crippen LogP contribution in [0.15, 0.2) is 42.6 Å². The molecule has 0 bridgehead atoms. The van der Waals surface area contributed by atoms with Gasteiger partial charge in [-0.25, -0.2) is 4.98 Å². The number of nitrogens with one attached hydrogen (secondary N) is 1. The molecule has 5 nitrogen and oxygen atoms in total. The Labute approximate surface area is 136 Å². The largest absolute Gasteiger partial charge is 0.494 e. The Morgan fingerprint density at radius 2 is 2.00 bits per heavy atom. The maximum Gasteiger partial charge on any atom is 0.251 e. The molecule has 122 valence electrons. The average molecular weight is 314 g/mol.